The maximum atomic E-state index is 11.9. The predicted molar refractivity (Wildman–Crippen MR) is 64.3 cm³/mol. The summed E-state index contributed by atoms with van der Waals surface area (Å²) in [5.41, 5.74) is 6.30. The second kappa shape index (κ2) is 6.63. The molecule has 0 aromatic heterocycles. The molecule has 3 N–H and O–H groups in total. The number of hydrogen-bond acceptors (Lipinski definition) is 3. The van der Waals surface area contributed by atoms with Gasteiger partial charge in [0.25, 0.3) is 0 Å². The zero-order valence-electron chi connectivity index (χ0n) is 9.75. The van der Waals surface area contributed by atoms with Gasteiger partial charge in [0.2, 0.25) is 0 Å². The fourth-order valence-corrected chi connectivity index (χ4v) is 1.49. The summed E-state index contributed by atoms with van der Waals surface area (Å²) in [6, 6.07) is 4.52. The van der Waals surface area contributed by atoms with Crippen LogP contribution in [0.5, 0.6) is 0 Å². The average molecular weight is 297 g/mol. The van der Waals surface area contributed by atoms with Crippen molar-refractivity contribution in [3.63, 3.8) is 0 Å². The number of amidine groups is 1. The third kappa shape index (κ3) is 5.35. The van der Waals surface area contributed by atoms with Crippen LogP contribution in [0.2, 0.25) is 5.02 Å². The molecule has 0 radical (unpaired) electrons. The first-order chi connectivity index (χ1) is 8.83. The van der Waals surface area contributed by atoms with Crippen LogP contribution >= 0.6 is 11.6 Å². The Labute approximate surface area is 112 Å². The minimum Gasteiger partial charge on any atom is -0.409 e. The number of hydrogen-bond donors (Lipinski definition) is 2. The fraction of sp³-hybridized carbons (Fsp3) is 0.364. The smallest absolute Gasteiger partial charge is 0.391 e. The van der Waals surface area contributed by atoms with Crippen molar-refractivity contribution in [3.8, 4) is 0 Å². The first-order valence-electron chi connectivity index (χ1n) is 5.24. The highest BCUT2D eigenvalue weighted by atomic mass is 35.5. The molecule has 1 aromatic rings. The molecular weight excluding hydrogens is 285 g/mol. The Morgan fingerprint density at radius 2 is 2.11 bits per heavy atom. The zero-order valence-corrected chi connectivity index (χ0v) is 10.5. The zero-order chi connectivity index (χ0) is 14.5. The largest absolute Gasteiger partial charge is 0.409 e. The van der Waals surface area contributed by atoms with Crippen LogP contribution in [0.25, 0.3) is 0 Å². The third-order valence-corrected chi connectivity index (χ3v) is 2.60. The Kier molecular flexibility index (Phi) is 5.44. The van der Waals surface area contributed by atoms with E-state index in [2.05, 4.69) is 5.16 Å². The molecule has 19 heavy (non-hydrogen) atoms. The van der Waals surface area contributed by atoms with Gasteiger partial charge in [0.05, 0.1) is 19.6 Å². The lowest BCUT2D eigenvalue weighted by molar-refractivity contribution is -0.146. The first-order valence-corrected chi connectivity index (χ1v) is 5.62. The molecule has 0 fully saturated rings. The van der Waals surface area contributed by atoms with E-state index >= 15 is 0 Å². The molecule has 0 aliphatic heterocycles. The fourth-order valence-electron chi connectivity index (χ4n) is 1.25. The quantitative estimate of drug-likeness (QED) is 0.289. The summed E-state index contributed by atoms with van der Waals surface area (Å²) in [4.78, 5) is 0. The molecule has 1 rings (SSSR count). The van der Waals surface area contributed by atoms with Gasteiger partial charge >= 0.3 is 6.18 Å². The van der Waals surface area contributed by atoms with Crippen LogP contribution in [0, 0.1) is 0 Å². The molecule has 0 aliphatic carbocycles. The van der Waals surface area contributed by atoms with Crippen molar-refractivity contribution in [1.29, 1.82) is 0 Å². The number of rotatable bonds is 5. The molecule has 0 heterocycles. The van der Waals surface area contributed by atoms with E-state index in [4.69, 9.17) is 27.3 Å². The van der Waals surface area contributed by atoms with Crippen molar-refractivity contribution in [3.05, 3.63) is 34.3 Å². The minimum absolute atomic E-state index is 0.0363. The Morgan fingerprint density at radius 3 is 2.63 bits per heavy atom. The number of oxime groups is 1. The molecule has 0 bridgehead atoms. The molecule has 4 nitrogen and oxygen atoms in total. The molecule has 0 aliphatic rings. The van der Waals surface area contributed by atoms with Gasteiger partial charge in [0, 0.05) is 10.6 Å². The van der Waals surface area contributed by atoms with Crippen molar-refractivity contribution < 1.29 is 23.1 Å². The third-order valence-electron chi connectivity index (χ3n) is 2.24. The van der Waals surface area contributed by atoms with E-state index < -0.39 is 19.2 Å². The highest BCUT2D eigenvalue weighted by molar-refractivity contribution is 6.31. The van der Waals surface area contributed by atoms with E-state index in [0.717, 1.165) is 0 Å². The van der Waals surface area contributed by atoms with Crippen molar-refractivity contribution in [1.82, 2.24) is 0 Å². The van der Waals surface area contributed by atoms with Gasteiger partial charge in [-0.05, 0) is 11.6 Å². The van der Waals surface area contributed by atoms with Crippen molar-refractivity contribution in [2.24, 2.45) is 10.9 Å². The summed E-state index contributed by atoms with van der Waals surface area (Å²) in [5.74, 6) is -0.105. The molecule has 1 aromatic carbocycles. The van der Waals surface area contributed by atoms with Gasteiger partial charge in [-0.2, -0.15) is 13.2 Å². The van der Waals surface area contributed by atoms with E-state index in [-0.39, 0.29) is 17.5 Å². The molecule has 0 spiro atoms. The van der Waals surface area contributed by atoms with Gasteiger partial charge in [0.15, 0.2) is 5.84 Å². The summed E-state index contributed by atoms with van der Waals surface area (Å²) in [7, 11) is 0. The summed E-state index contributed by atoms with van der Waals surface area (Å²) < 4.78 is 40.5. The second-order valence-electron chi connectivity index (χ2n) is 3.71. The molecular formula is C11H12ClF3N2O2. The first kappa shape index (κ1) is 15.6. The van der Waals surface area contributed by atoms with Gasteiger partial charge in [-0.15, -0.1) is 0 Å². The topological polar surface area (TPSA) is 67.8 Å². The SMILES string of the molecule is N/C(=N/O)c1ccc(COCCC(F)(F)F)c(Cl)c1. The van der Waals surface area contributed by atoms with Crippen molar-refractivity contribution >= 4 is 17.4 Å². The Bertz CT molecular complexity index is 464. The lowest BCUT2D eigenvalue weighted by atomic mass is 10.1. The number of ether oxygens (including phenoxy) is 1. The summed E-state index contributed by atoms with van der Waals surface area (Å²) in [6.07, 6.45) is -5.24. The Hall–Kier alpha value is -1.47. The van der Waals surface area contributed by atoms with E-state index in [0.29, 0.717) is 11.1 Å². The molecule has 0 atom stereocenters. The number of halogens is 4. The average Bonchev–Trinajstić information content (AvgIpc) is 2.33. The monoisotopic (exact) mass is 296 g/mol. The Morgan fingerprint density at radius 1 is 1.42 bits per heavy atom. The minimum atomic E-state index is -4.24. The molecule has 8 heteroatoms. The molecule has 0 unspecified atom stereocenters. The molecule has 0 saturated carbocycles. The summed E-state index contributed by atoms with van der Waals surface area (Å²) in [6.45, 7) is -0.465. The second-order valence-corrected chi connectivity index (χ2v) is 4.12. The summed E-state index contributed by atoms with van der Waals surface area (Å²) in [5, 5.41) is 11.6. The molecule has 106 valence electrons. The van der Waals surface area contributed by atoms with Gasteiger partial charge < -0.3 is 15.7 Å². The number of benzene rings is 1. The van der Waals surface area contributed by atoms with Crippen molar-refractivity contribution in [2.75, 3.05) is 6.61 Å². The van der Waals surface area contributed by atoms with E-state index in [1.165, 1.54) is 12.1 Å². The van der Waals surface area contributed by atoms with E-state index in [1.54, 1.807) is 6.07 Å². The standard InChI is InChI=1S/C11H12ClF3N2O2/c12-9-5-7(10(16)17-18)1-2-8(9)6-19-4-3-11(13,14)15/h1-2,5,18H,3-4,6H2,(H2,16,17). The number of alkyl halides is 3. The van der Waals surface area contributed by atoms with E-state index in [9.17, 15) is 13.2 Å². The maximum Gasteiger partial charge on any atom is 0.391 e. The van der Waals surface area contributed by atoms with Gasteiger partial charge in [-0.1, -0.05) is 28.9 Å². The molecule has 0 saturated heterocycles. The van der Waals surface area contributed by atoms with Crippen LogP contribution in [0.15, 0.2) is 23.4 Å². The normalized spacial score (nSPS) is 12.7. The Balaban J connectivity index is 2.56. The number of nitrogens with two attached hydrogens (primary N) is 1. The highest BCUT2D eigenvalue weighted by Gasteiger charge is 2.26. The highest BCUT2D eigenvalue weighted by Crippen LogP contribution is 2.21. The van der Waals surface area contributed by atoms with Gasteiger partial charge in [-0.3, -0.25) is 0 Å². The van der Waals surface area contributed by atoms with Crippen LogP contribution in [-0.4, -0.2) is 23.8 Å². The maximum absolute atomic E-state index is 11.9. The van der Waals surface area contributed by atoms with Crippen LogP contribution in [-0.2, 0) is 11.3 Å². The molecule has 0 amide bonds. The van der Waals surface area contributed by atoms with Crippen LogP contribution < -0.4 is 5.73 Å². The van der Waals surface area contributed by atoms with Crippen molar-refractivity contribution in [2.45, 2.75) is 19.2 Å². The lowest BCUT2D eigenvalue weighted by Gasteiger charge is -2.09. The van der Waals surface area contributed by atoms with Gasteiger partial charge in [-0.25, -0.2) is 0 Å². The van der Waals surface area contributed by atoms with Crippen LogP contribution in [0.3, 0.4) is 0 Å². The predicted octanol–water partition coefficient (Wildman–Crippen LogP) is 2.90. The van der Waals surface area contributed by atoms with E-state index in [1.807, 2.05) is 0 Å². The summed E-state index contributed by atoms with van der Waals surface area (Å²) >= 11 is 5.90. The lowest BCUT2D eigenvalue weighted by Crippen LogP contribution is -2.13. The van der Waals surface area contributed by atoms with Crippen LogP contribution in [0.1, 0.15) is 17.5 Å². The van der Waals surface area contributed by atoms with Crippen LogP contribution in [0.4, 0.5) is 13.2 Å². The van der Waals surface area contributed by atoms with Gasteiger partial charge in [0.1, 0.15) is 0 Å². The number of nitrogens with zero attached hydrogens (tertiary/aromatic N) is 1.